The normalized spacial score (nSPS) is 24.9. The molecule has 42 heavy (non-hydrogen) atoms. The number of aromatic nitrogens is 1. The molecule has 0 spiro atoms. The molecular weight excluding hydrogens is 700 g/mol. The maximum Gasteiger partial charge on any atom is 0.349 e. The molecule has 0 saturated carbocycles. The van der Waals surface area contributed by atoms with Crippen molar-refractivity contribution in [2.24, 2.45) is 0 Å². The zero-order valence-electron chi connectivity index (χ0n) is 23.1. The molecule has 5 atom stereocenters. The number of esters is 1. The van der Waals surface area contributed by atoms with Gasteiger partial charge in [-0.1, -0.05) is 48.5 Å². The van der Waals surface area contributed by atoms with Crippen LogP contribution in [0.5, 0.6) is 0 Å². The number of aliphatic hydroxyl groups is 1. The zero-order valence-corrected chi connectivity index (χ0v) is 28.1. The molecule has 0 aliphatic carbocycles. The molecule has 1 N–H and O–H groups in total. The number of quaternary nitrogens is 1. The van der Waals surface area contributed by atoms with Gasteiger partial charge < -0.3 is 36.0 Å². The number of halogens is 2. The molecule has 3 aliphatic rings. The van der Waals surface area contributed by atoms with E-state index >= 15 is 0 Å². The smallest absolute Gasteiger partial charge is 0.349 e. The Hall–Kier alpha value is -2.18. The number of likely N-dealkylation sites (N-methyl/N-ethyl adjacent to an activating group) is 1. The standard InChI is InChI=1S/C19H22NO4S2.C13H9N.2BrH/c1-20(2)12-9-11(10-13(20)17-16(12)24-17)23-18(21)19(22,14-5-3-7-25-14)15-6-4-8-26-15;1-3-7-12-10(5-1)9-11-6-2-4-8-13(11)14-12;;/h3-8,11-13,16-17,22H,9-10H2,1-2H3;1-9H;2*1H/q+1;;;/p-1/t11-,12-,13+,16-,17+;;;. The van der Waals surface area contributed by atoms with Crippen molar-refractivity contribution in [3.8, 4) is 0 Å². The number of hydrogen-bond acceptors (Lipinski definition) is 7. The molecular formula is C32H32Br2N2O4S2. The third-order valence-electron chi connectivity index (χ3n) is 8.79. The fourth-order valence-electron chi connectivity index (χ4n) is 6.55. The molecule has 3 aliphatic heterocycles. The lowest BCUT2D eigenvalue weighted by Gasteiger charge is -2.45. The molecule has 2 aromatic carbocycles. The van der Waals surface area contributed by atoms with E-state index in [1.54, 1.807) is 12.1 Å². The zero-order chi connectivity index (χ0) is 27.5. The number of fused-ring (bicyclic) bond motifs is 7. The SMILES string of the molecule is Br.C[N+]1(C)[C@@H]2C[C@@H](OC(=O)C(O)(c3cccs3)c3cccs3)C[C@H]1[C@@H]1O[C@@H]12.[Br-].c1ccc2nc3ccccc3cc2c1. The van der Waals surface area contributed by atoms with E-state index in [1.165, 1.54) is 33.4 Å². The van der Waals surface area contributed by atoms with Gasteiger partial charge in [0, 0.05) is 23.6 Å². The summed E-state index contributed by atoms with van der Waals surface area (Å²) < 4.78 is 12.6. The molecule has 3 aromatic heterocycles. The van der Waals surface area contributed by atoms with Crippen molar-refractivity contribution >= 4 is 67.4 Å². The molecule has 6 nitrogen and oxygen atoms in total. The largest absolute Gasteiger partial charge is 1.00 e. The summed E-state index contributed by atoms with van der Waals surface area (Å²) in [5.74, 6) is -0.561. The van der Waals surface area contributed by atoms with Gasteiger partial charge >= 0.3 is 5.97 Å². The number of morpholine rings is 1. The van der Waals surface area contributed by atoms with Crippen LogP contribution in [-0.4, -0.2) is 65.0 Å². The minimum Gasteiger partial charge on any atom is -1.00 e. The van der Waals surface area contributed by atoms with E-state index in [4.69, 9.17) is 9.47 Å². The first-order valence-electron chi connectivity index (χ1n) is 13.6. The van der Waals surface area contributed by atoms with E-state index in [2.05, 4.69) is 37.3 Å². The molecule has 220 valence electrons. The summed E-state index contributed by atoms with van der Waals surface area (Å²) in [7, 11) is 4.49. The summed E-state index contributed by atoms with van der Waals surface area (Å²) in [5.41, 5.74) is 0.403. The number of benzene rings is 2. The number of nitrogens with zero attached hydrogens (tertiary/aromatic N) is 2. The summed E-state index contributed by atoms with van der Waals surface area (Å²) in [4.78, 5) is 18.9. The Morgan fingerprint density at radius 3 is 1.86 bits per heavy atom. The molecule has 10 heteroatoms. The van der Waals surface area contributed by atoms with E-state index in [1.807, 2.05) is 59.3 Å². The van der Waals surface area contributed by atoms with Gasteiger partial charge in [-0.15, -0.1) is 39.7 Å². The Bertz CT molecular complexity index is 1520. The van der Waals surface area contributed by atoms with E-state index < -0.39 is 11.6 Å². The first-order valence-corrected chi connectivity index (χ1v) is 15.4. The average Bonchev–Trinajstić information content (AvgIpc) is 3.28. The van der Waals surface area contributed by atoms with Gasteiger partial charge in [-0.2, -0.15) is 0 Å². The number of carbonyl (C=O) groups excluding carboxylic acids is 1. The molecule has 0 amide bonds. The van der Waals surface area contributed by atoms with E-state index in [0.717, 1.165) is 28.4 Å². The highest BCUT2D eigenvalue weighted by Gasteiger charge is 2.71. The van der Waals surface area contributed by atoms with Gasteiger partial charge in [0.15, 0.2) is 0 Å². The van der Waals surface area contributed by atoms with Crippen molar-refractivity contribution in [2.45, 2.75) is 48.8 Å². The lowest BCUT2D eigenvalue weighted by atomic mass is 9.95. The van der Waals surface area contributed by atoms with Crippen LogP contribution in [0.4, 0.5) is 0 Å². The average molecular weight is 733 g/mol. The van der Waals surface area contributed by atoms with Gasteiger partial charge in [-0.3, -0.25) is 0 Å². The first-order chi connectivity index (χ1) is 19.4. The van der Waals surface area contributed by atoms with E-state index in [0.29, 0.717) is 34.0 Å². The number of hydrogen-bond donors (Lipinski definition) is 1. The highest BCUT2D eigenvalue weighted by atomic mass is 79.9. The summed E-state index contributed by atoms with van der Waals surface area (Å²) in [6.45, 7) is 0. The maximum atomic E-state index is 13.1. The minimum atomic E-state index is -1.72. The molecule has 2 bridgehead atoms. The predicted molar refractivity (Wildman–Crippen MR) is 169 cm³/mol. The monoisotopic (exact) mass is 730 g/mol. The van der Waals surface area contributed by atoms with Crippen LogP contribution in [0.3, 0.4) is 0 Å². The molecule has 5 aromatic rings. The van der Waals surface area contributed by atoms with Crippen LogP contribution in [-0.2, 0) is 19.9 Å². The lowest BCUT2D eigenvalue weighted by molar-refractivity contribution is -0.938. The molecule has 6 heterocycles. The second kappa shape index (κ2) is 12.1. The van der Waals surface area contributed by atoms with Gasteiger partial charge in [-0.25, -0.2) is 9.78 Å². The van der Waals surface area contributed by atoms with Crippen molar-refractivity contribution < 1.29 is 40.8 Å². The van der Waals surface area contributed by atoms with Gasteiger partial charge in [-0.05, 0) is 41.1 Å². The van der Waals surface area contributed by atoms with Gasteiger partial charge in [0.05, 0.1) is 34.9 Å². The molecule has 8 rings (SSSR count). The maximum absolute atomic E-state index is 13.1. The molecule has 0 radical (unpaired) electrons. The van der Waals surface area contributed by atoms with Crippen molar-refractivity contribution in [3.63, 3.8) is 0 Å². The van der Waals surface area contributed by atoms with Gasteiger partial charge in [0.25, 0.3) is 0 Å². The van der Waals surface area contributed by atoms with Crippen molar-refractivity contribution in [2.75, 3.05) is 14.1 Å². The highest BCUT2D eigenvalue weighted by Crippen LogP contribution is 2.52. The van der Waals surface area contributed by atoms with Crippen molar-refractivity contribution in [3.05, 3.63) is 99.4 Å². The van der Waals surface area contributed by atoms with E-state index in [9.17, 15) is 9.90 Å². The Kier molecular flexibility index (Phi) is 8.98. The summed E-state index contributed by atoms with van der Waals surface area (Å²) in [5, 5.41) is 17.5. The Morgan fingerprint density at radius 2 is 1.38 bits per heavy atom. The third kappa shape index (κ3) is 5.36. The first kappa shape index (κ1) is 31.3. The highest BCUT2D eigenvalue weighted by molar-refractivity contribution is 8.93. The van der Waals surface area contributed by atoms with Crippen molar-refractivity contribution in [1.29, 1.82) is 0 Å². The fourth-order valence-corrected chi connectivity index (χ4v) is 8.26. The van der Waals surface area contributed by atoms with Crippen LogP contribution in [0.2, 0.25) is 0 Å². The summed E-state index contributed by atoms with van der Waals surface area (Å²) in [6.07, 6.45) is 2.05. The van der Waals surface area contributed by atoms with Gasteiger partial charge in [0.1, 0.15) is 30.4 Å². The number of rotatable bonds is 4. The quantitative estimate of drug-likeness (QED) is 0.133. The fraction of sp³-hybridized carbons (Fsp3) is 0.312. The van der Waals surface area contributed by atoms with Crippen LogP contribution >= 0.6 is 39.7 Å². The van der Waals surface area contributed by atoms with Crippen LogP contribution in [0.25, 0.3) is 21.8 Å². The Morgan fingerprint density at radius 1 is 0.881 bits per heavy atom. The number of carbonyl (C=O) groups is 1. The lowest BCUT2D eigenvalue weighted by Crippen LogP contribution is -3.00. The van der Waals surface area contributed by atoms with Crippen LogP contribution < -0.4 is 17.0 Å². The van der Waals surface area contributed by atoms with Crippen LogP contribution in [0, 0.1) is 0 Å². The van der Waals surface area contributed by atoms with Gasteiger partial charge in [0.2, 0.25) is 5.60 Å². The van der Waals surface area contributed by atoms with Crippen LogP contribution in [0.1, 0.15) is 22.6 Å². The number of ether oxygens (including phenoxy) is 2. The summed E-state index contributed by atoms with van der Waals surface area (Å²) >= 11 is 2.74. The third-order valence-corrected chi connectivity index (χ3v) is 10.7. The molecule has 0 unspecified atom stereocenters. The number of pyridine rings is 1. The van der Waals surface area contributed by atoms with Crippen molar-refractivity contribution in [1.82, 2.24) is 4.98 Å². The summed E-state index contributed by atoms with van der Waals surface area (Å²) in [6, 6.07) is 26.6. The minimum absolute atomic E-state index is 0. The number of thiophene rings is 2. The molecule has 3 saturated heterocycles. The van der Waals surface area contributed by atoms with Crippen LogP contribution in [0.15, 0.2) is 89.6 Å². The second-order valence-electron chi connectivity index (χ2n) is 11.4. The number of piperidine rings is 1. The van der Waals surface area contributed by atoms with E-state index in [-0.39, 0.29) is 40.1 Å². The molecule has 3 fully saturated rings. The Labute approximate surface area is 274 Å². The Balaban J connectivity index is 0.000000188. The second-order valence-corrected chi connectivity index (χ2v) is 13.3. The topological polar surface area (TPSA) is 72.0 Å². The number of para-hydroxylation sites is 2. The predicted octanol–water partition coefficient (Wildman–Crippen LogP) is 3.32. The number of epoxide rings is 1.